The quantitative estimate of drug-likeness (QED) is 0.0440. The van der Waals surface area contributed by atoms with E-state index in [4.69, 9.17) is 22.7 Å². The summed E-state index contributed by atoms with van der Waals surface area (Å²) in [5.74, 6) is -4.65. The van der Waals surface area contributed by atoms with Crippen LogP contribution in [-0.2, 0) is 33.4 Å². The van der Waals surface area contributed by atoms with Crippen molar-refractivity contribution in [3.8, 4) is 0 Å². The van der Waals surface area contributed by atoms with E-state index < -0.39 is 131 Å². The number of benzene rings is 3. The fraction of sp³-hybridized carbons (Fsp3) is 0.562. The maximum absolute atomic E-state index is 15.0. The summed E-state index contributed by atoms with van der Waals surface area (Å²) < 4.78 is 11.0. The van der Waals surface area contributed by atoms with Gasteiger partial charge in [-0.25, -0.2) is 4.79 Å². The molecule has 0 bridgehead atoms. The first kappa shape index (κ1) is 69.8. The second-order valence-electron chi connectivity index (χ2n) is 25.3. The molecule has 2 saturated heterocycles. The average Bonchev–Trinajstić information content (AvgIpc) is 1.91. The molecule has 12 atom stereocenters. The number of likely N-dealkylation sites (tertiary alicyclic amines) is 2. The van der Waals surface area contributed by atoms with Crippen molar-refractivity contribution in [1.29, 1.82) is 0 Å². The van der Waals surface area contributed by atoms with E-state index in [1.165, 1.54) is 46.9 Å². The molecule has 1 radical (unpaired) electrons. The standard InChI is InChI=1S/C64H93BN11O11/c1-17-36(3)51(71-53(65)40(7)73(15)61(84)86-63(9,10)11)59(82)75-34-47(32-49(75)57(80)67-38(5)42-25-21-19-22-26-42)69-55(78)44-29-45(31-46(66)30-44)56(79)70-48-33-50(58(81)68-39(6)43-27-23-20-24-28-43)76(35-48)60(83)52(37(4)18-2)72-54(77)41(8)74(16)62(85)87-64(12,13)14/h19-31,36-41,47-52,71H,17-18,32-35,66H2,1-16H3,(H,67,80)(H,68,81)(H,69,78)(H,70,79)(H,72,77)/t36-,37-,38+,39+,40-,41-,47-,48-,49-,50-,51-,52-/m0/s1. The molecule has 87 heavy (non-hydrogen) atoms. The molecule has 0 spiro atoms. The summed E-state index contributed by atoms with van der Waals surface area (Å²) in [5, 5.41) is 18.0. The van der Waals surface area contributed by atoms with E-state index in [1.807, 2.05) is 95.3 Å². The summed E-state index contributed by atoms with van der Waals surface area (Å²) in [6, 6.07) is 14.2. The van der Waals surface area contributed by atoms with E-state index in [2.05, 4.69) is 31.9 Å². The summed E-state index contributed by atoms with van der Waals surface area (Å²) >= 11 is 0. The van der Waals surface area contributed by atoms with E-state index in [-0.39, 0.29) is 54.3 Å². The molecule has 2 aliphatic heterocycles. The van der Waals surface area contributed by atoms with Gasteiger partial charge in [0.2, 0.25) is 17.7 Å². The van der Waals surface area contributed by atoms with Gasteiger partial charge in [-0.15, -0.1) is 0 Å². The second-order valence-corrected chi connectivity index (χ2v) is 25.3. The van der Waals surface area contributed by atoms with Gasteiger partial charge in [-0.3, -0.25) is 24.1 Å². The first-order chi connectivity index (χ1) is 40.6. The van der Waals surface area contributed by atoms with E-state index in [0.717, 1.165) is 16.0 Å². The zero-order valence-corrected chi connectivity index (χ0v) is 53.6. The SMILES string of the molecule is [B]=C(N[C@H](C(=O)N1C[C@@H](NC(=O)c2cc(N)cc(C(=O)N[C@H]3C[C@@H](C(=O)N[C@H](C)c4ccccc4)N(C(=O)[C@@H](NC(=O)[C@H](C)N(C)C(=O)OC(C)(C)C)[C@@H](C)CC)C3)c2)C[C@H]1C(=O)N[C@H](C)c1ccccc1)[C@@H](C)CC)[C@H](C)N(C)C(=O)OC(C)(C)C. The fourth-order valence-corrected chi connectivity index (χ4v) is 10.3. The van der Waals surface area contributed by atoms with Gasteiger partial charge in [-0.2, -0.15) is 0 Å². The van der Waals surface area contributed by atoms with Gasteiger partial charge in [-0.05, 0) is 58.6 Å². The first-order valence-corrected chi connectivity index (χ1v) is 30.1. The summed E-state index contributed by atoms with van der Waals surface area (Å²) in [6.45, 7) is 24.4. The summed E-state index contributed by atoms with van der Waals surface area (Å²) in [4.78, 5) is 133. The number of nitrogens with zero attached hydrogens (tertiary/aromatic N) is 4. The molecule has 2 aliphatic rings. The Labute approximate surface area is 514 Å². The number of carbonyl (C=O) groups is 9. The molecule has 2 heterocycles. The number of likely N-dealkylation sites (N-methyl/N-ethyl adjacent to an activating group) is 2. The van der Waals surface area contributed by atoms with E-state index in [0.29, 0.717) is 12.8 Å². The third-order valence-corrected chi connectivity index (χ3v) is 16.2. The van der Waals surface area contributed by atoms with Gasteiger partial charge >= 0.3 is 268 Å². The maximum atomic E-state index is 15.0. The topological polar surface area (TPSA) is 283 Å². The van der Waals surface area contributed by atoms with Gasteiger partial charge in [0.05, 0.1) is 6.04 Å². The van der Waals surface area contributed by atoms with Gasteiger partial charge in [0.1, 0.15) is 23.7 Å². The molecule has 23 heteroatoms. The van der Waals surface area contributed by atoms with Gasteiger partial charge in [0, 0.05) is 19.6 Å². The van der Waals surface area contributed by atoms with Crippen molar-refractivity contribution in [3.63, 3.8) is 0 Å². The molecule has 8 N–H and O–H groups in total. The van der Waals surface area contributed by atoms with Crippen molar-refractivity contribution in [1.82, 2.24) is 51.5 Å². The Morgan fingerprint density at radius 1 is 0.575 bits per heavy atom. The number of anilines is 1. The monoisotopic (exact) mass is 1200 g/mol. The van der Waals surface area contributed by atoms with Gasteiger partial charge < -0.3 is 31.3 Å². The molecule has 9 amide bonds. The molecule has 0 aliphatic carbocycles. The zero-order chi connectivity index (χ0) is 65.0. The Morgan fingerprint density at radius 2 is 0.943 bits per heavy atom. The van der Waals surface area contributed by atoms with Crippen LogP contribution in [0.1, 0.15) is 167 Å². The molecule has 5 rings (SSSR count). The van der Waals surface area contributed by atoms with Crippen LogP contribution in [0.5, 0.6) is 0 Å². The molecular formula is C64H93BN11O11. The first-order valence-electron chi connectivity index (χ1n) is 30.1. The Kier molecular flexibility index (Phi) is 24.1. The molecular weight excluding hydrogens is 1110 g/mol. The van der Waals surface area contributed by atoms with E-state index in [9.17, 15) is 43.2 Å². The summed E-state index contributed by atoms with van der Waals surface area (Å²) in [5.41, 5.74) is 6.65. The van der Waals surface area contributed by atoms with Crippen molar-refractivity contribution in [2.24, 2.45) is 11.8 Å². The van der Waals surface area contributed by atoms with Crippen LogP contribution < -0.4 is 37.6 Å². The van der Waals surface area contributed by atoms with Crippen LogP contribution in [0.2, 0.25) is 0 Å². The Morgan fingerprint density at radius 3 is 1.31 bits per heavy atom. The molecule has 3 aromatic carbocycles. The number of rotatable bonds is 23. The Bertz CT molecular complexity index is 2760. The number of nitrogens with one attached hydrogen (secondary N) is 6. The number of nitrogen functional groups attached to an aromatic ring is 1. The minimum atomic E-state index is -1.14. The third-order valence-electron chi connectivity index (χ3n) is 16.2. The van der Waals surface area contributed by atoms with Crippen LogP contribution in [0.15, 0.2) is 78.9 Å². The normalized spacial score (nSPS) is 19.5. The number of carbonyl (C=O) groups excluding carboxylic acids is 9. The predicted molar refractivity (Wildman–Crippen MR) is 335 cm³/mol. The minimum absolute atomic E-state index is 0.00213. The number of ether oxygens (including phenoxy) is 2. The molecule has 0 aromatic heterocycles. The summed E-state index contributed by atoms with van der Waals surface area (Å²) in [6.07, 6.45) is -0.360. The van der Waals surface area contributed by atoms with Crippen LogP contribution in [0.4, 0.5) is 15.3 Å². The number of hydrogen-bond donors (Lipinski definition) is 7. The van der Waals surface area contributed by atoms with Gasteiger partial charge in [-0.1, -0.05) is 56.7 Å². The van der Waals surface area contributed by atoms with Crippen LogP contribution in [0.25, 0.3) is 0 Å². The van der Waals surface area contributed by atoms with E-state index in [1.54, 1.807) is 62.4 Å². The average molecular weight is 1200 g/mol. The number of amides is 9. The van der Waals surface area contributed by atoms with Crippen LogP contribution >= 0.6 is 0 Å². The Hall–Kier alpha value is -7.98. The van der Waals surface area contributed by atoms with Crippen molar-refractivity contribution >= 4 is 72.3 Å². The van der Waals surface area contributed by atoms with Gasteiger partial charge in [0.15, 0.2) is 0 Å². The van der Waals surface area contributed by atoms with Crippen LogP contribution in [-0.4, -0.2) is 173 Å². The molecule has 3 aromatic rings. The third kappa shape index (κ3) is 19.0. The molecule has 0 unspecified atom stereocenters. The van der Waals surface area contributed by atoms with Gasteiger partial charge in [0.25, 0.3) is 5.91 Å². The molecule has 22 nitrogen and oxygen atoms in total. The number of hydrogen-bond acceptors (Lipinski definition) is 13. The zero-order valence-electron chi connectivity index (χ0n) is 53.6. The molecule has 0 saturated carbocycles. The van der Waals surface area contributed by atoms with Crippen molar-refractivity contribution in [3.05, 3.63) is 101 Å². The Balaban J connectivity index is 1.39. The summed E-state index contributed by atoms with van der Waals surface area (Å²) in [7, 11) is 9.59. The van der Waals surface area contributed by atoms with Crippen molar-refractivity contribution in [2.45, 2.75) is 194 Å². The fourth-order valence-electron chi connectivity index (χ4n) is 10.3. The van der Waals surface area contributed by atoms with Crippen LogP contribution in [0.3, 0.4) is 0 Å². The second kappa shape index (κ2) is 30.1. The predicted octanol–water partition coefficient (Wildman–Crippen LogP) is 5.77. The molecule has 473 valence electrons. The van der Waals surface area contributed by atoms with Crippen molar-refractivity contribution in [2.75, 3.05) is 32.9 Å². The molecule has 2 fully saturated rings. The van der Waals surface area contributed by atoms with Crippen LogP contribution in [0, 0.1) is 11.8 Å². The van der Waals surface area contributed by atoms with E-state index >= 15 is 0 Å². The number of nitrogens with two attached hydrogens (primary N) is 1. The van der Waals surface area contributed by atoms with Crippen molar-refractivity contribution < 1.29 is 52.6 Å².